The Labute approximate surface area is 417 Å². The Morgan fingerprint density at radius 2 is 0.971 bits per heavy atom. The number of rotatable bonds is 34. The van der Waals surface area contributed by atoms with Crippen LogP contribution in [-0.4, -0.2) is 117 Å². The third-order valence-corrected chi connectivity index (χ3v) is 19.6. The van der Waals surface area contributed by atoms with Gasteiger partial charge < -0.3 is 73.0 Å². The van der Waals surface area contributed by atoms with Crippen molar-refractivity contribution in [2.24, 2.45) is 0 Å². The van der Waals surface area contributed by atoms with Crippen molar-refractivity contribution in [3.8, 4) is 0 Å². The number of nitrogen functional groups attached to an aromatic ring is 1. The normalized spacial score (nSPS) is 19.0. The van der Waals surface area contributed by atoms with E-state index in [0.29, 0.717) is 0 Å². The van der Waals surface area contributed by atoms with Gasteiger partial charge in [0.05, 0.1) is 77.9 Å². The van der Waals surface area contributed by atoms with E-state index in [-0.39, 0.29) is 23.4 Å². The second kappa shape index (κ2) is 39.1. The Morgan fingerprint density at radius 1 is 0.638 bits per heavy atom. The van der Waals surface area contributed by atoms with Gasteiger partial charge in [-0.25, -0.2) is 15.0 Å². The molecule has 6 atom stereocenters. The number of hydrogen-bond donors (Lipinski definition) is 7. The van der Waals surface area contributed by atoms with Gasteiger partial charge in [0.25, 0.3) is 0 Å². The first kappa shape index (κ1) is 67.6. The fraction of sp³-hybridized carbons (Fsp3) is 0.894. The number of imidazole rings is 1. The molecule has 19 nitrogen and oxygen atoms in total. The molecule has 0 spiro atoms. The van der Waals surface area contributed by atoms with E-state index in [1.807, 2.05) is 14.7 Å². The van der Waals surface area contributed by atoms with Crippen LogP contribution >= 0.6 is 22.8 Å². The lowest BCUT2D eigenvalue weighted by atomic mass is 10.2. The zero-order valence-corrected chi connectivity index (χ0v) is 47.0. The molecular weight excluding hydrogens is 945 g/mol. The van der Waals surface area contributed by atoms with Crippen molar-refractivity contribution in [2.75, 3.05) is 71.2 Å². The van der Waals surface area contributed by atoms with Crippen LogP contribution in [-0.2, 0) is 23.0 Å². The van der Waals surface area contributed by atoms with Gasteiger partial charge in [-0.3, -0.25) is 4.57 Å². The minimum absolute atomic E-state index is 0.0872. The lowest BCUT2D eigenvalue weighted by Crippen LogP contribution is -3.12. The number of quaternary nitrogens is 3. The molecule has 1 fully saturated rings. The second-order valence-corrected chi connectivity index (χ2v) is 24.9. The molecule has 3 heterocycles. The summed E-state index contributed by atoms with van der Waals surface area (Å²) >= 11 is 0. The van der Waals surface area contributed by atoms with E-state index in [2.05, 4.69) is 81.8 Å². The number of hydrogen-bond acceptors (Lipinski definition) is 13. The first-order chi connectivity index (χ1) is 32.8. The maximum Gasteiger partial charge on any atom is 0.167 e. The zero-order chi connectivity index (χ0) is 52.3. The number of aromatic nitrogens is 4. The Morgan fingerprint density at radius 3 is 1.28 bits per heavy atom. The number of aliphatic hydroxyl groups excluding tert-OH is 1. The third kappa shape index (κ3) is 29.2. The first-order valence-electron chi connectivity index (χ1n) is 26.5. The van der Waals surface area contributed by atoms with Crippen LogP contribution in [0, 0.1) is 0 Å². The number of anilines is 1. The van der Waals surface area contributed by atoms with E-state index in [4.69, 9.17) is 20.3 Å². The van der Waals surface area contributed by atoms with E-state index in [1.165, 1.54) is 192 Å². The smallest absolute Gasteiger partial charge is 0.167 e. The molecule has 3 rings (SSSR count). The minimum atomic E-state index is -6.10. The molecule has 1 aliphatic heterocycles. The number of ether oxygens (including phenoxy) is 1. The monoisotopic (exact) mass is 1040 g/mol. The summed E-state index contributed by atoms with van der Waals surface area (Å²) in [6.07, 6.45) is 23.6. The summed E-state index contributed by atoms with van der Waals surface area (Å²) in [6, 6.07) is 0. The van der Waals surface area contributed by atoms with Crippen molar-refractivity contribution in [1.82, 2.24) is 19.5 Å². The van der Waals surface area contributed by atoms with Crippen LogP contribution in [0.25, 0.3) is 11.2 Å². The maximum atomic E-state index is 12.0. The fourth-order valence-corrected chi connectivity index (χ4v) is 13.1. The molecule has 0 amide bonds. The van der Waals surface area contributed by atoms with Crippen molar-refractivity contribution < 1.29 is 67.2 Å². The minimum Gasteiger partial charge on any atom is -0.778 e. The van der Waals surface area contributed by atoms with Gasteiger partial charge in [-0.15, -0.1) is 0 Å². The number of nitrogens with one attached hydrogen (secondary N) is 3. The third-order valence-electron chi connectivity index (χ3n) is 12.1. The van der Waals surface area contributed by atoms with Crippen molar-refractivity contribution in [3.63, 3.8) is 0 Å². The average Bonchev–Trinajstić information content (AvgIpc) is 3.90. The predicted molar refractivity (Wildman–Crippen MR) is 272 cm³/mol. The lowest BCUT2D eigenvalue weighted by molar-refractivity contribution is -0.900. The summed E-state index contributed by atoms with van der Waals surface area (Å²) < 4.78 is 45.4. The number of aliphatic hydroxyl groups is 1. The largest absolute Gasteiger partial charge is 0.778 e. The molecule has 22 heteroatoms. The maximum absolute atomic E-state index is 12.0. The number of unbranched alkanes of at least 4 members (excludes halogenated alkanes) is 9. The van der Waals surface area contributed by atoms with E-state index in [0.717, 1.165) is 0 Å². The highest BCUT2D eigenvalue weighted by Crippen LogP contribution is 2.71. The molecule has 0 bridgehead atoms. The van der Waals surface area contributed by atoms with Gasteiger partial charge in [0.15, 0.2) is 39.4 Å². The summed E-state index contributed by atoms with van der Waals surface area (Å²) in [4.78, 5) is 69.3. The van der Waals surface area contributed by atoms with Crippen LogP contribution in [0.5, 0.6) is 0 Å². The summed E-state index contributed by atoms with van der Waals surface area (Å²) in [5, 5.41) is 6.53. The van der Waals surface area contributed by atoms with Gasteiger partial charge in [0, 0.05) is 6.42 Å². The Kier molecular flexibility index (Phi) is 38.3. The highest BCUT2D eigenvalue weighted by atomic mass is 31.3. The summed E-state index contributed by atoms with van der Waals surface area (Å²) in [5.41, 5.74) is 6.19. The van der Waals surface area contributed by atoms with E-state index < -0.39 is 53.0 Å². The summed E-state index contributed by atoms with van der Waals surface area (Å²) in [5.74, 6) is 0.0904. The van der Waals surface area contributed by atoms with E-state index in [9.17, 15) is 33.5 Å². The quantitative estimate of drug-likeness (QED) is 0.0491. The van der Waals surface area contributed by atoms with Crippen LogP contribution in [0.4, 0.5) is 5.82 Å². The second-order valence-electron chi connectivity index (χ2n) is 18.5. The zero-order valence-electron chi connectivity index (χ0n) is 44.3. The van der Waals surface area contributed by atoms with Gasteiger partial charge in [-0.2, -0.15) is 0 Å². The summed E-state index contributed by atoms with van der Waals surface area (Å²) in [6.45, 7) is 32.2. The predicted octanol–water partition coefficient (Wildman–Crippen LogP) is 3.82. The Hall–Kier alpha value is -1.40. The molecule has 0 aromatic carbocycles. The lowest BCUT2D eigenvalue weighted by Gasteiger charge is -2.41. The van der Waals surface area contributed by atoms with Crippen molar-refractivity contribution in [3.05, 3.63) is 12.7 Å². The van der Waals surface area contributed by atoms with Crippen molar-refractivity contribution >= 4 is 39.8 Å². The SMILES string of the molecule is CCCC[NH+](CCCC)CCCC.CCCC[NH+](CCCC)CCCC.CCCC[NH+](CCCC)CCCC.Nc1ncnc2c1ncn2[C@H]1C[C@H](O)[C@@H](COP(=O)([O-])C(P(=O)([O-])O)P(=O)([O-])O)O1. The Bertz CT molecular complexity index is 1570. The molecule has 0 aliphatic carbocycles. The standard InChI is InChI=1S/3C12H27N.C11H18N5O11P3/c3*1-4-7-10-13(11-8-5-2)12-9-6-3;12-9-8-10(14-3-13-9)16(4-15-8)7-1-5(17)6(27-7)2-26-30(24,25)11(28(18,19)20)29(21,22)23/h3*4-12H2,1-3H3;3-7,11,17H,1-2H2,(H,24,25)(H2,12,13,14)(H2,18,19,20)(H2,21,22,23)/t;;;5-,6+,7+/m...0/s1. The summed E-state index contributed by atoms with van der Waals surface area (Å²) in [7, 11) is -18.1. The van der Waals surface area contributed by atoms with Crippen LogP contribution in [0.1, 0.15) is 191 Å². The molecule has 3 unspecified atom stereocenters. The molecule has 2 aromatic heterocycles. The van der Waals surface area contributed by atoms with Crippen LogP contribution in [0.2, 0.25) is 0 Å². The molecule has 8 N–H and O–H groups in total. The average molecular weight is 1050 g/mol. The molecule has 2 aromatic rings. The first-order valence-corrected chi connectivity index (χ1v) is 31.5. The topological polar surface area (TPSA) is 282 Å². The molecular formula is C47H99N8O11P3. The molecule has 1 saturated heterocycles. The van der Waals surface area contributed by atoms with Crippen LogP contribution in [0.3, 0.4) is 0 Å². The van der Waals surface area contributed by atoms with Crippen LogP contribution < -0.4 is 35.1 Å². The van der Waals surface area contributed by atoms with E-state index in [1.54, 1.807) is 0 Å². The molecule has 408 valence electrons. The van der Waals surface area contributed by atoms with Gasteiger partial charge in [0.1, 0.15) is 24.2 Å². The van der Waals surface area contributed by atoms with Crippen molar-refractivity contribution in [2.45, 2.75) is 208 Å². The molecule has 0 radical (unpaired) electrons. The molecule has 1 aliphatic rings. The molecule has 69 heavy (non-hydrogen) atoms. The highest BCUT2D eigenvalue weighted by molar-refractivity contribution is 7.85. The van der Waals surface area contributed by atoms with Gasteiger partial charge in [-0.1, -0.05) is 120 Å². The van der Waals surface area contributed by atoms with Gasteiger partial charge >= 0.3 is 0 Å². The van der Waals surface area contributed by atoms with Gasteiger partial charge in [-0.05, 0) is 57.8 Å². The van der Waals surface area contributed by atoms with Crippen LogP contribution in [0.15, 0.2) is 12.7 Å². The van der Waals surface area contributed by atoms with Crippen molar-refractivity contribution in [1.29, 1.82) is 0 Å². The Balaban J connectivity index is 0.000000995. The van der Waals surface area contributed by atoms with Gasteiger partial charge in [0.2, 0.25) is 0 Å². The van der Waals surface area contributed by atoms with E-state index >= 15 is 0 Å². The number of fused-ring (bicyclic) bond motifs is 1. The highest BCUT2D eigenvalue weighted by Gasteiger charge is 2.43. The molecule has 0 saturated carbocycles. The number of nitrogens with two attached hydrogens (primary N) is 1. The fourth-order valence-electron chi connectivity index (χ4n) is 7.87. The number of nitrogens with zero attached hydrogens (tertiary/aromatic N) is 4.